The van der Waals surface area contributed by atoms with Crippen molar-refractivity contribution in [1.29, 1.82) is 0 Å². The number of amides is 1. The monoisotopic (exact) mass is 275 g/mol. The molecule has 0 aliphatic rings. The fraction of sp³-hybridized carbons (Fsp3) is 0.250. The molecule has 0 aliphatic carbocycles. The van der Waals surface area contributed by atoms with Crippen LogP contribution in [0.15, 0.2) is 30.3 Å². The summed E-state index contributed by atoms with van der Waals surface area (Å²) in [6, 6.07) is 5.07. The second-order valence-corrected chi connectivity index (χ2v) is 3.46. The lowest BCUT2D eigenvalue weighted by molar-refractivity contribution is -0.274. The van der Waals surface area contributed by atoms with E-state index >= 15 is 0 Å². The van der Waals surface area contributed by atoms with Crippen LogP contribution in [0.2, 0.25) is 0 Å². The molecule has 19 heavy (non-hydrogen) atoms. The van der Waals surface area contributed by atoms with E-state index in [-0.39, 0.29) is 18.9 Å². The van der Waals surface area contributed by atoms with Gasteiger partial charge < -0.3 is 15.2 Å². The van der Waals surface area contributed by atoms with Gasteiger partial charge in [-0.1, -0.05) is 12.1 Å². The van der Waals surface area contributed by atoms with E-state index in [0.717, 1.165) is 12.1 Å². The Hall–Kier alpha value is -2.02. The van der Waals surface area contributed by atoms with Gasteiger partial charge in [-0.2, -0.15) is 0 Å². The molecule has 0 radical (unpaired) electrons. The number of nitrogens with one attached hydrogen (secondary N) is 1. The van der Waals surface area contributed by atoms with Gasteiger partial charge in [-0.25, -0.2) is 0 Å². The van der Waals surface area contributed by atoms with E-state index in [4.69, 9.17) is 5.11 Å². The normalized spacial score (nSPS) is 11.6. The average molecular weight is 275 g/mol. The Balaban J connectivity index is 2.57. The summed E-state index contributed by atoms with van der Waals surface area (Å²) in [5.74, 6) is -0.723. The molecule has 0 fully saturated rings. The van der Waals surface area contributed by atoms with Gasteiger partial charge in [-0.3, -0.25) is 4.79 Å². The van der Waals surface area contributed by atoms with Gasteiger partial charge in [0.05, 0.1) is 6.61 Å². The Morgan fingerprint density at radius 2 is 1.95 bits per heavy atom. The van der Waals surface area contributed by atoms with Gasteiger partial charge in [-0.15, -0.1) is 13.2 Å². The summed E-state index contributed by atoms with van der Waals surface area (Å²) in [5.41, 5.74) is 0.550. The predicted octanol–water partition coefficient (Wildman–Crippen LogP) is 1.71. The smallest absolute Gasteiger partial charge is 0.406 e. The van der Waals surface area contributed by atoms with E-state index in [1.807, 2.05) is 0 Å². The maximum atomic E-state index is 11.9. The molecule has 0 bridgehead atoms. The number of ether oxygens (including phenoxy) is 1. The minimum atomic E-state index is -4.72. The van der Waals surface area contributed by atoms with Crippen LogP contribution in [0.3, 0.4) is 0 Å². The summed E-state index contributed by atoms with van der Waals surface area (Å²) in [4.78, 5) is 11.1. The van der Waals surface area contributed by atoms with E-state index in [1.54, 1.807) is 0 Å². The molecule has 2 N–H and O–H groups in total. The minimum Gasteiger partial charge on any atom is -0.406 e. The highest BCUT2D eigenvalue weighted by Crippen LogP contribution is 2.22. The molecule has 104 valence electrons. The molecule has 4 nitrogen and oxygen atoms in total. The first-order valence-corrected chi connectivity index (χ1v) is 5.33. The Kier molecular flexibility index (Phi) is 5.37. The van der Waals surface area contributed by atoms with Crippen molar-refractivity contribution in [3.05, 3.63) is 35.9 Å². The fourth-order valence-electron chi connectivity index (χ4n) is 1.19. The summed E-state index contributed by atoms with van der Waals surface area (Å²) >= 11 is 0. The molecular formula is C12H12F3NO3. The summed E-state index contributed by atoms with van der Waals surface area (Å²) in [7, 11) is 0. The molecule has 0 saturated carbocycles. The Labute approximate surface area is 107 Å². The van der Waals surface area contributed by atoms with E-state index in [1.165, 1.54) is 24.3 Å². The topological polar surface area (TPSA) is 58.6 Å². The first-order chi connectivity index (χ1) is 8.90. The number of carbonyl (C=O) groups is 1. The first kappa shape index (κ1) is 15.0. The van der Waals surface area contributed by atoms with Gasteiger partial charge >= 0.3 is 6.36 Å². The van der Waals surface area contributed by atoms with Crippen molar-refractivity contribution >= 4 is 12.0 Å². The van der Waals surface area contributed by atoms with E-state index in [9.17, 15) is 18.0 Å². The molecule has 0 heterocycles. The van der Waals surface area contributed by atoms with Crippen LogP contribution in [0.1, 0.15) is 5.56 Å². The third-order valence-electron chi connectivity index (χ3n) is 1.95. The molecule has 0 spiro atoms. The number of aliphatic hydroxyl groups excluding tert-OH is 1. The van der Waals surface area contributed by atoms with Gasteiger partial charge in [0, 0.05) is 12.6 Å². The van der Waals surface area contributed by atoms with Gasteiger partial charge in [0.15, 0.2) is 0 Å². The van der Waals surface area contributed by atoms with Crippen molar-refractivity contribution in [2.24, 2.45) is 0 Å². The number of hydrogen-bond acceptors (Lipinski definition) is 3. The molecule has 1 amide bonds. The summed E-state index contributed by atoms with van der Waals surface area (Å²) in [6.45, 7) is -0.0232. The van der Waals surface area contributed by atoms with Crippen molar-refractivity contribution in [3.63, 3.8) is 0 Å². The number of halogens is 3. The fourth-order valence-corrected chi connectivity index (χ4v) is 1.19. The standard InChI is InChI=1S/C12H12F3NO3/c13-12(14,15)19-10-4-1-9(2-5-10)3-6-11(18)16-7-8-17/h1-6,17H,7-8H2,(H,16,18). The van der Waals surface area contributed by atoms with Crippen LogP contribution in [0.5, 0.6) is 5.75 Å². The van der Waals surface area contributed by atoms with Gasteiger partial charge in [0.25, 0.3) is 0 Å². The molecule has 0 unspecified atom stereocenters. The minimum absolute atomic E-state index is 0.140. The van der Waals surface area contributed by atoms with Crippen LogP contribution in [0, 0.1) is 0 Å². The molecule has 0 aliphatic heterocycles. The highest BCUT2D eigenvalue weighted by molar-refractivity contribution is 5.91. The van der Waals surface area contributed by atoms with Gasteiger partial charge in [0.1, 0.15) is 5.75 Å². The highest BCUT2D eigenvalue weighted by Gasteiger charge is 2.30. The van der Waals surface area contributed by atoms with Crippen molar-refractivity contribution < 1.29 is 27.8 Å². The average Bonchev–Trinajstić information content (AvgIpc) is 2.33. The van der Waals surface area contributed by atoms with Crippen LogP contribution in [0.4, 0.5) is 13.2 Å². The molecule has 0 saturated heterocycles. The van der Waals surface area contributed by atoms with Crippen molar-refractivity contribution in [3.8, 4) is 5.75 Å². The molecule has 1 aromatic carbocycles. The number of hydrogen-bond donors (Lipinski definition) is 2. The van der Waals surface area contributed by atoms with Crippen molar-refractivity contribution in [2.75, 3.05) is 13.2 Å². The van der Waals surface area contributed by atoms with E-state index < -0.39 is 12.3 Å². The second kappa shape index (κ2) is 6.79. The third kappa shape index (κ3) is 6.46. The molecule has 1 aromatic rings. The largest absolute Gasteiger partial charge is 0.573 e. The number of alkyl halides is 3. The van der Waals surface area contributed by atoms with Crippen LogP contribution in [0.25, 0.3) is 6.08 Å². The quantitative estimate of drug-likeness (QED) is 0.804. The number of benzene rings is 1. The van der Waals surface area contributed by atoms with Crippen LogP contribution in [-0.2, 0) is 4.79 Å². The lowest BCUT2D eigenvalue weighted by atomic mass is 10.2. The third-order valence-corrected chi connectivity index (χ3v) is 1.95. The number of aliphatic hydroxyl groups is 1. The van der Waals surface area contributed by atoms with E-state index in [2.05, 4.69) is 10.1 Å². The first-order valence-electron chi connectivity index (χ1n) is 5.33. The van der Waals surface area contributed by atoms with E-state index in [0.29, 0.717) is 5.56 Å². The second-order valence-electron chi connectivity index (χ2n) is 3.46. The lowest BCUT2D eigenvalue weighted by Crippen LogP contribution is -2.24. The predicted molar refractivity (Wildman–Crippen MR) is 62.3 cm³/mol. The van der Waals surface area contributed by atoms with Gasteiger partial charge in [0.2, 0.25) is 5.91 Å². The maximum Gasteiger partial charge on any atom is 0.573 e. The molecule has 1 rings (SSSR count). The zero-order chi connectivity index (χ0) is 14.3. The van der Waals surface area contributed by atoms with Crippen molar-refractivity contribution in [1.82, 2.24) is 5.32 Å². The summed E-state index contributed by atoms with van der Waals surface area (Å²) in [6.07, 6.45) is -2.07. The Morgan fingerprint density at radius 3 is 2.47 bits per heavy atom. The summed E-state index contributed by atoms with van der Waals surface area (Å²) in [5, 5.41) is 10.9. The van der Waals surface area contributed by atoms with Crippen LogP contribution in [-0.4, -0.2) is 30.5 Å². The van der Waals surface area contributed by atoms with Crippen LogP contribution < -0.4 is 10.1 Å². The maximum absolute atomic E-state index is 11.9. The molecule has 7 heteroatoms. The number of carbonyl (C=O) groups excluding carboxylic acids is 1. The van der Waals surface area contributed by atoms with Gasteiger partial charge in [-0.05, 0) is 23.8 Å². The molecule has 0 aromatic heterocycles. The summed E-state index contributed by atoms with van der Waals surface area (Å²) < 4.78 is 39.4. The molecule has 0 atom stereocenters. The van der Waals surface area contributed by atoms with Crippen LogP contribution >= 0.6 is 0 Å². The SMILES string of the molecule is O=C(C=Cc1ccc(OC(F)(F)F)cc1)NCCO. The lowest BCUT2D eigenvalue weighted by Gasteiger charge is -2.08. The zero-order valence-electron chi connectivity index (χ0n) is 9.78. The zero-order valence-corrected chi connectivity index (χ0v) is 9.78. The number of rotatable bonds is 5. The Morgan fingerprint density at radius 1 is 1.32 bits per heavy atom. The molecular weight excluding hydrogens is 263 g/mol. The Bertz CT molecular complexity index is 441. The van der Waals surface area contributed by atoms with Crippen molar-refractivity contribution in [2.45, 2.75) is 6.36 Å². The highest BCUT2D eigenvalue weighted by atomic mass is 19.4.